The van der Waals surface area contributed by atoms with Gasteiger partial charge >= 0.3 is 0 Å². The van der Waals surface area contributed by atoms with Gasteiger partial charge in [-0.05, 0) is 31.0 Å². The lowest BCUT2D eigenvalue weighted by Gasteiger charge is -2.11. The summed E-state index contributed by atoms with van der Waals surface area (Å²) in [4.78, 5) is 11.8. The van der Waals surface area contributed by atoms with E-state index < -0.39 is 0 Å². The molecule has 0 spiro atoms. The van der Waals surface area contributed by atoms with E-state index in [0.29, 0.717) is 23.2 Å². The summed E-state index contributed by atoms with van der Waals surface area (Å²) >= 11 is 0. The number of nitrogens with zero attached hydrogens (tertiary/aromatic N) is 1. The third kappa shape index (κ3) is 3.76. The average molecular weight is 344 g/mol. The van der Waals surface area contributed by atoms with Crippen LogP contribution in [0, 0.1) is 0 Å². The number of carbonyl (C=O) groups is 1. The molecule has 1 aromatic carbocycles. The van der Waals surface area contributed by atoms with Crippen LogP contribution < -0.4 is 14.8 Å². The van der Waals surface area contributed by atoms with E-state index in [2.05, 4.69) is 10.5 Å². The van der Waals surface area contributed by atoms with Gasteiger partial charge in [0.1, 0.15) is 12.3 Å². The Morgan fingerprint density at radius 1 is 1.20 bits per heavy atom. The molecule has 25 heavy (non-hydrogen) atoms. The summed E-state index contributed by atoms with van der Waals surface area (Å²) in [5.74, 6) is 1.95. The number of fused-ring (bicyclic) bond motifs is 1. The van der Waals surface area contributed by atoms with Crippen molar-refractivity contribution in [1.82, 2.24) is 10.5 Å². The summed E-state index contributed by atoms with van der Waals surface area (Å²) in [7, 11) is 0. The maximum absolute atomic E-state index is 11.8. The Morgan fingerprint density at radius 2 is 2.04 bits per heavy atom. The summed E-state index contributed by atoms with van der Waals surface area (Å²) < 4.78 is 21.4. The highest BCUT2D eigenvalue weighted by Crippen LogP contribution is 2.36. The first-order chi connectivity index (χ1) is 12.3. The minimum absolute atomic E-state index is 0.0305. The number of ether oxygens (including phenoxy) is 3. The van der Waals surface area contributed by atoms with Gasteiger partial charge in [0.25, 0.3) is 0 Å². The van der Waals surface area contributed by atoms with Gasteiger partial charge in [-0.1, -0.05) is 18.0 Å². The van der Waals surface area contributed by atoms with E-state index >= 15 is 0 Å². The van der Waals surface area contributed by atoms with E-state index in [-0.39, 0.29) is 25.9 Å². The van der Waals surface area contributed by atoms with Crippen LogP contribution in [0.1, 0.15) is 31.4 Å². The van der Waals surface area contributed by atoms with Crippen molar-refractivity contribution in [3.8, 4) is 22.8 Å². The Kier molecular flexibility index (Phi) is 4.56. The molecular weight excluding hydrogens is 324 g/mol. The molecule has 0 atom stereocenters. The molecule has 1 aliphatic heterocycles. The average Bonchev–Trinajstić information content (AvgIpc) is 3.35. The number of amides is 1. The molecule has 1 N–H and O–H groups in total. The van der Waals surface area contributed by atoms with Crippen molar-refractivity contribution in [2.45, 2.75) is 38.3 Å². The van der Waals surface area contributed by atoms with E-state index in [1.165, 1.54) is 12.8 Å². The smallest absolute Gasteiger partial charge is 0.246 e. The molecule has 0 saturated heterocycles. The van der Waals surface area contributed by atoms with Crippen molar-refractivity contribution in [1.29, 1.82) is 0 Å². The summed E-state index contributed by atoms with van der Waals surface area (Å²) in [6, 6.07) is 7.67. The first-order valence-corrected chi connectivity index (χ1v) is 8.51. The fourth-order valence-electron chi connectivity index (χ4n) is 3.15. The van der Waals surface area contributed by atoms with Gasteiger partial charge in [-0.25, -0.2) is 0 Å². The number of nitrogens with one attached hydrogen (secondary N) is 1. The van der Waals surface area contributed by atoms with Crippen LogP contribution in [-0.2, 0) is 16.1 Å². The summed E-state index contributed by atoms with van der Waals surface area (Å²) in [5, 5.41) is 6.97. The lowest BCUT2D eigenvalue weighted by atomic mass is 10.1. The van der Waals surface area contributed by atoms with E-state index in [4.69, 9.17) is 18.7 Å². The van der Waals surface area contributed by atoms with Crippen molar-refractivity contribution < 1.29 is 23.5 Å². The molecule has 2 heterocycles. The maximum atomic E-state index is 11.8. The van der Waals surface area contributed by atoms with E-state index in [1.54, 1.807) is 6.07 Å². The Hall–Kier alpha value is -2.54. The van der Waals surface area contributed by atoms with Gasteiger partial charge in [0.15, 0.2) is 17.3 Å². The Labute approximate surface area is 145 Å². The van der Waals surface area contributed by atoms with E-state index in [0.717, 1.165) is 24.2 Å². The van der Waals surface area contributed by atoms with Crippen LogP contribution in [0.4, 0.5) is 0 Å². The van der Waals surface area contributed by atoms with Gasteiger partial charge in [-0.3, -0.25) is 4.79 Å². The largest absolute Gasteiger partial charge is 0.454 e. The SMILES string of the molecule is O=C(COCc1cc(-c2ccc3c(c2)OCO3)on1)NC1CCCC1. The zero-order chi connectivity index (χ0) is 17.1. The second-order valence-corrected chi connectivity index (χ2v) is 6.29. The molecule has 1 saturated carbocycles. The van der Waals surface area contributed by atoms with Crippen molar-refractivity contribution in [3.63, 3.8) is 0 Å². The second kappa shape index (κ2) is 7.14. The molecule has 1 amide bonds. The van der Waals surface area contributed by atoms with Crippen molar-refractivity contribution >= 4 is 5.91 Å². The van der Waals surface area contributed by atoms with Crippen molar-refractivity contribution in [2.75, 3.05) is 13.4 Å². The predicted octanol–water partition coefficient (Wildman–Crippen LogP) is 2.65. The van der Waals surface area contributed by atoms with Crippen molar-refractivity contribution in [3.05, 3.63) is 30.0 Å². The molecule has 1 aliphatic carbocycles. The number of hydrogen-bond donors (Lipinski definition) is 1. The summed E-state index contributed by atoms with van der Waals surface area (Å²) in [5.41, 5.74) is 1.49. The summed E-state index contributed by atoms with van der Waals surface area (Å²) in [6.07, 6.45) is 4.50. The Bertz CT molecular complexity index is 752. The fourth-order valence-corrected chi connectivity index (χ4v) is 3.15. The summed E-state index contributed by atoms with van der Waals surface area (Å²) in [6.45, 7) is 0.492. The molecule has 7 nitrogen and oxygen atoms in total. The highest BCUT2D eigenvalue weighted by Gasteiger charge is 2.18. The zero-order valence-electron chi connectivity index (χ0n) is 13.8. The molecular formula is C18H20N2O5. The van der Waals surface area contributed by atoms with Gasteiger partial charge < -0.3 is 24.1 Å². The van der Waals surface area contributed by atoms with Gasteiger partial charge in [0.2, 0.25) is 12.7 Å². The molecule has 1 fully saturated rings. The number of carbonyl (C=O) groups excluding carboxylic acids is 1. The van der Waals surface area contributed by atoms with Crippen LogP contribution in [-0.4, -0.2) is 30.5 Å². The van der Waals surface area contributed by atoms with Crippen LogP contribution >= 0.6 is 0 Å². The number of benzene rings is 1. The quantitative estimate of drug-likeness (QED) is 0.867. The highest BCUT2D eigenvalue weighted by molar-refractivity contribution is 5.77. The Morgan fingerprint density at radius 3 is 2.92 bits per heavy atom. The Balaban J connectivity index is 1.29. The third-order valence-corrected chi connectivity index (χ3v) is 4.42. The highest BCUT2D eigenvalue weighted by atomic mass is 16.7. The molecule has 1 aromatic heterocycles. The normalized spacial score (nSPS) is 16.3. The molecule has 2 aromatic rings. The van der Waals surface area contributed by atoms with Gasteiger partial charge in [-0.15, -0.1) is 0 Å². The molecule has 4 rings (SSSR count). The topological polar surface area (TPSA) is 82.8 Å². The van der Waals surface area contributed by atoms with Crippen LogP contribution in [0.5, 0.6) is 11.5 Å². The number of rotatable bonds is 6. The molecule has 0 radical (unpaired) electrons. The lowest BCUT2D eigenvalue weighted by molar-refractivity contribution is -0.126. The second-order valence-electron chi connectivity index (χ2n) is 6.29. The monoisotopic (exact) mass is 344 g/mol. The fraction of sp³-hybridized carbons (Fsp3) is 0.444. The predicted molar refractivity (Wildman–Crippen MR) is 88.1 cm³/mol. The van der Waals surface area contributed by atoms with E-state index in [9.17, 15) is 4.79 Å². The lowest BCUT2D eigenvalue weighted by Crippen LogP contribution is -2.35. The van der Waals surface area contributed by atoms with Crippen LogP contribution in [0.2, 0.25) is 0 Å². The first kappa shape index (κ1) is 16.0. The van der Waals surface area contributed by atoms with Crippen LogP contribution in [0.25, 0.3) is 11.3 Å². The number of hydrogen-bond acceptors (Lipinski definition) is 6. The van der Waals surface area contributed by atoms with Crippen LogP contribution in [0.15, 0.2) is 28.8 Å². The molecule has 7 heteroatoms. The van der Waals surface area contributed by atoms with E-state index in [1.807, 2.05) is 18.2 Å². The molecule has 0 unspecified atom stereocenters. The standard InChI is InChI=1S/C18H20N2O5/c21-18(19-13-3-1-2-4-13)10-22-9-14-8-16(25-20-14)12-5-6-15-17(7-12)24-11-23-15/h5-8,13H,1-4,9-11H2,(H,19,21). The first-order valence-electron chi connectivity index (χ1n) is 8.51. The zero-order valence-corrected chi connectivity index (χ0v) is 13.8. The van der Waals surface area contributed by atoms with Crippen molar-refractivity contribution in [2.24, 2.45) is 0 Å². The molecule has 132 valence electrons. The minimum Gasteiger partial charge on any atom is -0.454 e. The van der Waals surface area contributed by atoms with Crippen LogP contribution in [0.3, 0.4) is 0 Å². The van der Waals surface area contributed by atoms with Gasteiger partial charge in [-0.2, -0.15) is 0 Å². The maximum Gasteiger partial charge on any atom is 0.246 e. The minimum atomic E-state index is -0.0774. The number of aromatic nitrogens is 1. The molecule has 0 bridgehead atoms. The van der Waals surface area contributed by atoms with Gasteiger partial charge in [0.05, 0.1) is 6.61 Å². The molecule has 2 aliphatic rings. The third-order valence-electron chi connectivity index (χ3n) is 4.42. The van der Waals surface area contributed by atoms with Gasteiger partial charge in [0, 0.05) is 17.7 Å².